The molecule has 2 rings (SSSR count). The molecule has 4 nitrogen and oxygen atoms in total. The number of nitrogens with zero attached hydrogens (tertiary/aromatic N) is 1. The molecule has 0 aromatic heterocycles. The Balaban J connectivity index is 1.80. The zero-order chi connectivity index (χ0) is 16.5. The van der Waals surface area contributed by atoms with E-state index in [1.54, 1.807) is 6.08 Å². The molecule has 1 aromatic carbocycles. The number of hydrogen-bond acceptors (Lipinski definition) is 3. The lowest BCUT2D eigenvalue weighted by Crippen LogP contribution is -2.43. The Kier molecular flexibility index (Phi) is 6.85. The van der Waals surface area contributed by atoms with Gasteiger partial charge in [0.05, 0.1) is 0 Å². The van der Waals surface area contributed by atoms with E-state index in [2.05, 4.69) is 0 Å². The third-order valence-electron chi connectivity index (χ3n) is 4.23. The number of carbonyl (C=O) groups is 2. The van der Waals surface area contributed by atoms with Crippen LogP contribution in [0.4, 0.5) is 0 Å². The van der Waals surface area contributed by atoms with Gasteiger partial charge in [-0.25, -0.2) is 4.79 Å². The maximum absolute atomic E-state index is 12.3. The number of amides is 1. The van der Waals surface area contributed by atoms with E-state index in [1.165, 1.54) is 25.3 Å². The second-order valence-electron chi connectivity index (χ2n) is 5.82. The van der Waals surface area contributed by atoms with E-state index in [0.717, 1.165) is 18.4 Å². The van der Waals surface area contributed by atoms with Crippen LogP contribution < -0.4 is 0 Å². The summed E-state index contributed by atoms with van der Waals surface area (Å²) in [4.78, 5) is 25.9. The molecule has 1 fully saturated rings. The minimum absolute atomic E-state index is 0.0964. The van der Waals surface area contributed by atoms with Crippen molar-refractivity contribution in [1.29, 1.82) is 0 Å². The van der Waals surface area contributed by atoms with Crippen LogP contribution in [0.15, 0.2) is 36.4 Å². The number of hydrogen-bond donors (Lipinski definition) is 0. The summed E-state index contributed by atoms with van der Waals surface area (Å²) in [5, 5.41) is 0. The second-order valence-corrected chi connectivity index (χ2v) is 5.82. The number of esters is 1. The predicted molar refractivity (Wildman–Crippen MR) is 90.7 cm³/mol. The molecule has 1 aromatic rings. The van der Waals surface area contributed by atoms with Crippen LogP contribution in [-0.2, 0) is 14.3 Å². The third-order valence-corrected chi connectivity index (χ3v) is 4.23. The van der Waals surface area contributed by atoms with Crippen LogP contribution in [0.2, 0.25) is 0 Å². The Labute approximate surface area is 138 Å². The highest BCUT2D eigenvalue weighted by molar-refractivity contribution is 5.89. The van der Waals surface area contributed by atoms with Gasteiger partial charge in [0, 0.05) is 18.7 Å². The third kappa shape index (κ3) is 5.55. The number of benzene rings is 1. The minimum Gasteiger partial charge on any atom is -0.452 e. The summed E-state index contributed by atoms with van der Waals surface area (Å²) < 4.78 is 5.08. The highest BCUT2D eigenvalue weighted by Crippen LogP contribution is 2.22. The lowest BCUT2D eigenvalue weighted by Gasteiger charge is -2.33. The number of carbonyl (C=O) groups excluding carboxylic acids is 2. The highest BCUT2D eigenvalue weighted by atomic mass is 16.5. The first-order chi connectivity index (χ1) is 11.2. The molecule has 0 radical (unpaired) electrons. The van der Waals surface area contributed by atoms with Gasteiger partial charge in [0.15, 0.2) is 6.61 Å². The van der Waals surface area contributed by atoms with E-state index in [0.29, 0.717) is 12.6 Å². The van der Waals surface area contributed by atoms with E-state index < -0.39 is 5.97 Å². The first-order valence-corrected chi connectivity index (χ1v) is 8.40. The molecular weight excluding hydrogens is 290 g/mol. The minimum atomic E-state index is -0.484. The van der Waals surface area contributed by atoms with Gasteiger partial charge >= 0.3 is 5.97 Å². The smallest absolute Gasteiger partial charge is 0.331 e. The van der Waals surface area contributed by atoms with Crippen LogP contribution in [-0.4, -0.2) is 36.0 Å². The van der Waals surface area contributed by atoms with Gasteiger partial charge in [-0.1, -0.05) is 49.6 Å². The van der Waals surface area contributed by atoms with Crippen molar-refractivity contribution in [1.82, 2.24) is 4.90 Å². The van der Waals surface area contributed by atoms with Gasteiger partial charge in [0.25, 0.3) is 5.91 Å². The van der Waals surface area contributed by atoms with Crippen molar-refractivity contribution in [3.8, 4) is 0 Å². The summed E-state index contributed by atoms with van der Waals surface area (Å²) in [6.07, 6.45) is 8.76. The number of likely N-dealkylation sites (N-methyl/N-ethyl adjacent to an activating group) is 1. The molecule has 23 heavy (non-hydrogen) atoms. The van der Waals surface area contributed by atoms with Crippen LogP contribution in [0.1, 0.15) is 44.6 Å². The summed E-state index contributed by atoms with van der Waals surface area (Å²) in [6, 6.07) is 9.82. The molecular formula is C19H25NO3. The summed E-state index contributed by atoms with van der Waals surface area (Å²) in [7, 11) is 0. The first-order valence-electron chi connectivity index (χ1n) is 8.40. The molecule has 0 atom stereocenters. The van der Waals surface area contributed by atoms with Crippen molar-refractivity contribution >= 4 is 18.0 Å². The Hall–Kier alpha value is -2.10. The lowest BCUT2D eigenvalue weighted by atomic mass is 9.94. The Morgan fingerprint density at radius 2 is 1.87 bits per heavy atom. The van der Waals surface area contributed by atoms with Gasteiger partial charge in [-0.2, -0.15) is 0 Å². The molecule has 1 saturated carbocycles. The zero-order valence-corrected chi connectivity index (χ0v) is 13.7. The van der Waals surface area contributed by atoms with Gasteiger partial charge in [-0.15, -0.1) is 0 Å². The van der Waals surface area contributed by atoms with Crippen LogP contribution in [0.5, 0.6) is 0 Å². The second kappa shape index (κ2) is 9.13. The van der Waals surface area contributed by atoms with E-state index >= 15 is 0 Å². The molecule has 4 heteroatoms. The van der Waals surface area contributed by atoms with Gasteiger partial charge in [0.1, 0.15) is 0 Å². The summed E-state index contributed by atoms with van der Waals surface area (Å²) in [5.41, 5.74) is 0.924. The van der Waals surface area contributed by atoms with E-state index in [1.807, 2.05) is 42.2 Å². The normalized spacial score (nSPS) is 15.5. The van der Waals surface area contributed by atoms with Crippen molar-refractivity contribution in [2.45, 2.75) is 45.1 Å². The number of ether oxygens (including phenoxy) is 1. The highest BCUT2D eigenvalue weighted by Gasteiger charge is 2.24. The van der Waals surface area contributed by atoms with Crippen molar-refractivity contribution in [3.05, 3.63) is 42.0 Å². The van der Waals surface area contributed by atoms with Gasteiger partial charge in [-0.3, -0.25) is 4.79 Å². The molecule has 0 heterocycles. The van der Waals surface area contributed by atoms with Crippen LogP contribution in [0.3, 0.4) is 0 Å². The first kappa shape index (κ1) is 17.3. The molecule has 1 amide bonds. The maximum Gasteiger partial charge on any atom is 0.331 e. The maximum atomic E-state index is 12.3. The van der Waals surface area contributed by atoms with Crippen molar-refractivity contribution in [2.75, 3.05) is 13.2 Å². The SMILES string of the molecule is CCN(C(=O)COC(=O)/C=C/c1ccccc1)C1CCCCC1. The summed E-state index contributed by atoms with van der Waals surface area (Å²) in [5.74, 6) is -0.581. The molecule has 1 aliphatic carbocycles. The Bertz CT molecular complexity index is 533. The summed E-state index contributed by atoms with van der Waals surface area (Å²) >= 11 is 0. The van der Waals surface area contributed by atoms with Crippen molar-refractivity contribution < 1.29 is 14.3 Å². The monoisotopic (exact) mass is 315 g/mol. The van der Waals surface area contributed by atoms with Crippen molar-refractivity contribution in [3.63, 3.8) is 0 Å². The largest absolute Gasteiger partial charge is 0.452 e. The molecule has 1 aliphatic rings. The van der Waals surface area contributed by atoms with E-state index in [9.17, 15) is 9.59 Å². The van der Waals surface area contributed by atoms with E-state index in [-0.39, 0.29) is 12.5 Å². The standard InChI is InChI=1S/C19H25NO3/c1-2-20(17-11-7-4-8-12-17)18(21)15-23-19(22)14-13-16-9-5-3-6-10-16/h3,5-6,9-10,13-14,17H,2,4,7-8,11-12,15H2,1H3/b14-13+. The zero-order valence-electron chi connectivity index (χ0n) is 13.7. The molecule has 0 saturated heterocycles. The Morgan fingerprint density at radius 3 is 2.52 bits per heavy atom. The predicted octanol–water partition coefficient (Wildman–Crippen LogP) is 3.42. The lowest BCUT2D eigenvalue weighted by molar-refractivity contribution is -0.149. The molecule has 0 aliphatic heterocycles. The molecule has 0 spiro atoms. The van der Waals surface area contributed by atoms with Gasteiger partial charge < -0.3 is 9.64 Å². The fraction of sp³-hybridized carbons (Fsp3) is 0.474. The molecule has 0 unspecified atom stereocenters. The van der Waals surface area contributed by atoms with Crippen LogP contribution in [0.25, 0.3) is 6.08 Å². The topological polar surface area (TPSA) is 46.6 Å². The molecule has 124 valence electrons. The van der Waals surface area contributed by atoms with Crippen molar-refractivity contribution in [2.24, 2.45) is 0 Å². The van der Waals surface area contributed by atoms with Gasteiger partial charge in [0.2, 0.25) is 0 Å². The fourth-order valence-corrected chi connectivity index (χ4v) is 3.02. The van der Waals surface area contributed by atoms with Crippen LogP contribution >= 0.6 is 0 Å². The van der Waals surface area contributed by atoms with Crippen LogP contribution in [0, 0.1) is 0 Å². The summed E-state index contributed by atoms with van der Waals surface area (Å²) in [6.45, 7) is 2.47. The molecule has 0 N–H and O–H groups in total. The average molecular weight is 315 g/mol. The Morgan fingerprint density at radius 1 is 1.17 bits per heavy atom. The van der Waals surface area contributed by atoms with Gasteiger partial charge in [-0.05, 0) is 31.4 Å². The number of rotatable bonds is 6. The fourth-order valence-electron chi connectivity index (χ4n) is 3.02. The van der Waals surface area contributed by atoms with E-state index in [4.69, 9.17) is 4.74 Å². The quantitative estimate of drug-likeness (QED) is 0.597. The average Bonchev–Trinajstić information content (AvgIpc) is 2.60. The molecule has 0 bridgehead atoms.